The average molecular weight is 332 g/mol. The molecule has 0 spiro atoms. The SMILES string of the molecule is C[C@@H]1Oc2ccccc2N(CCC(=O)N[C@@H](C)[C@@H]2CCCO2)C1=O. The Hall–Kier alpha value is -2.08. The quantitative estimate of drug-likeness (QED) is 0.894. The van der Waals surface area contributed by atoms with Crippen molar-refractivity contribution in [1.29, 1.82) is 0 Å². The molecule has 2 aliphatic heterocycles. The Morgan fingerprint density at radius 3 is 2.96 bits per heavy atom. The third-order valence-electron chi connectivity index (χ3n) is 4.55. The fraction of sp³-hybridized carbons (Fsp3) is 0.556. The summed E-state index contributed by atoms with van der Waals surface area (Å²) in [7, 11) is 0. The number of amides is 2. The maximum absolute atomic E-state index is 12.4. The molecule has 1 saturated heterocycles. The third-order valence-corrected chi connectivity index (χ3v) is 4.55. The smallest absolute Gasteiger partial charge is 0.267 e. The maximum Gasteiger partial charge on any atom is 0.267 e. The molecule has 1 fully saturated rings. The molecule has 2 aliphatic rings. The maximum atomic E-state index is 12.4. The van der Waals surface area contributed by atoms with E-state index in [4.69, 9.17) is 9.47 Å². The summed E-state index contributed by atoms with van der Waals surface area (Å²) < 4.78 is 11.2. The summed E-state index contributed by atoms with van der Waals surface area (Å²) in [5.41, 5.74) is 0.723. The van der Waals surface area contributed by atoms with Crippen molar-refractivity contribution in [2.45, 2.75) is 51.4 Å². The Morgan fingerprint density at radius 1 is 1.42 bits per heavy atom. The van der Waals surface area contributed by atoms with Gasteiger partial charge in [-0.3, -0.25) is 9.59 Å². The number of benzene rings is 1. The first-order valence-electron chi connectivity index (χ1n) is 8.54. The van der Waals surface area contributed by atoms with Crippen LogP contribution in [0.1, 0.15) is 33.1 Å². The van der Waals surface area contributed by atoms with Crippen molar-refractivity contribution in [2.24, 2.45) is 0 Å². The van der Waals surface area contributed by atoms with E-state index in [1.165, 1.54) is 0 Å². The van der Waals surface area contributed by atoms with Gasteiger partial charge in [-0.15, -0.1) is 0 Å². The van der Waals surface area contributed by atoms with Gasteiger partial charge in [0.05, 0.1) is 17.8 Å². The van der Waals surface area contributed by atoms with E-state index in [2.05, 4.69) is 5.32 Å². The van der Waals surface area contributed by atoms with Gasteiger partial charge in [-0.25, -0.2) is 0 Å². The molecule has 0 radical (unpaired) electrons. The van der Waals surface area contributed by atoms with E-state index in [-0.39, 0.29) is 30.4 Å². The van der Waals surface area contributed by atoms with Gasteiger partial charge >= 0.3 is 0 Å². The minimum atomic E-state index is -0.534. The normalized spacial score (nSPS) is 24.2. The molecule has 0 aliphatic carbocycles. The zero-order valence-electron chi connectivity index (χ0n) is 14.2. The molecule has 0 aromatic heterocycles. The monoisotopic (exact) mass is 332 g/mol. The second-order valence-electron chi connectivity index (χ2n) is 6.38. The Morgan fingerprint density at radius 2 is 2.21 bits per heavy atom. The number of hydrogen-bond acceptors (Lipinski definition) is 4. The van der Waals surface area contributed by atoms with E-state index in [9.17, 15) is 9.59 Å². The lowest BCUT2D eigenvalue weighted by Crippen LogP contribution is -2.47. The number of nitrogens with one attached hydrogen (secondary N) is 1. The summed E-state index contributed by atoms with van der Waals surface area (Å²) >= 11 is 0. The second kappa shape index (κ2) is 7.21. The molecule has 3 atom stereocenters. The number of rotatable bonds is 5. The third kappa shape index (κ3) is 3.53. The van der Waals surface area contributed by atoms with Gasteiger partial charge in [0.25, 0.3) is 5.91 Å². The van der Waals surface area contributed by atoms with E-state index in [1.54, 1.807) is 11.8 Å². The number of anilines is 1. The number of hydrogen-bond donors (Lipinski definition) is 1. The number of carbonyl (C=O) groups is 2. The van der Waals surface area contributed by atoms with Crippen LogP contribution in [0.3, 0.4) is 0 Å². The summed E-state index contributed by atoms with van der Waals surface area (Å²) in [6.07, 6.45) is 1.84. The Kier molecular flexibility index (Phi) is 5.04. The van der Waals surface area contributed by atoms with Crippen molar-refractivity contribution in [3.8, 4) is 5.75 Å². The molecular formula is C18H24N2O4. The average Bonchev–Trinajstić information content (AvgIpc) is 3.10. The Bertz CT molecular complexity index is 613. The fourth-order valence-corrected chi connectivity index (χ4v) is 3.22. The standard InChI is InChI=1S/C18H24N2O4/c1-12(15-8-5-11-23-15)19-17(21)9-10-20-14-6-3-4-7-16(14)24-13(2)18(20)22/h3-4,6-7,12-13,15H,5,8-11H2,1-2H3,(H,19,21)/t12-,13-,15-/m0/s1. The minimum absolute atomic E-state index is 0.00778. The lowest BCUT2D eigenvalue weighted by atomic mass is 10.1. The number of para-hydroxylation sites is 2. The lowest BCUT2D eigenvalue weighted by Gasteiger charge is -2.33. The highest BCUT2D eigenvalue weighted by molar-refractivity contribution is 6.00. The van der Waals surface area contributed by atoms with Gasteiger partial charge in [-0.1, -0.05) is 12.1 Å². The van der Waals surface area contributed by atoms with Crippen LogP contribution in [0, 0.1) is 0 Å². The first-order valence-corrected chi connectivity index (χ1v) is 8.54. The summed E-state index contributed by atoms with van der Waals surface area (Å²) in [4.78, 5) is 26.2. The molecule has 24 heavy (non-hydrogen) atoms. The highest BCUT2D eigenvalue weighted by Gasteiger charge is 2.31. The summed E-state index contributed by atoms with van der Waals surface area (Å²) in [6.45, 7) is 4.80. The van der Waals surface area contributed by atoms with E-state index >= 15 is 0 Å². The molecule has 3 rings (SSSR count). The molecule has 0 unspecified atom stereocenters. The zero-order chi connectivity index (χ0) is 17.1. The first-order chi connectivity index (χ1) is 11.6. The largest absolute Gasteiger partial charge is 0.479 e. The Labute approximate surface area is 142 Å². The van der Waals surface area contributed by atoms with Crippen LogP contribution in [0.4, 0.5) is 5.69 Å². The van der Waals surface area contributed by atoms with Crippen LogP contribution in [0.5, 0.6) is 5.75 Å². The molecular weight excluding hydrogens is 308 g/mol. The molecule has 1 aromatic rings. The molecule has 6 heteroatoms. The Balaban J connectivity index is 1.59. The zero-order valence-corrected chi connectivity index (χ0v) is 14.2. The number of ether oxygens (including phenoxy) is 2. The predicted octanol–water partition coefficient (Wildman–Crippen LogP) is 1.87. The van der Waals surface area contributed by atoms with E-state index < -0.39 is 6.10 Å². The molecule has 0 bridgehead atoms. The van der Waals surface area contributed by atoms with Crippen molar-refractivity contribution in [1.82, 2.24) is 5.32 Å². The van der Waals surface area contributed by atoms with Gasteiger partial charge in [-0.2, -0.15) is 0 Å². The van der Waals surface area contributed by atoms with Crippen LogP contribution in [-0.4, -0.2) is 43.2 Å². The highest BCUT2D eigenvalue weighted by atomic mass is 16.5. The topological polar surface area (TPSA) is 67.9 Å². The van der Waals surface area contributed by atoms with Crippen LogP contribution in [0.15, 0.2) is 24.3 Å². The number of nitrogens with zero attached hydrogens (tertiary/aromatic N) is 1. The number of carbonyl (C=O) groups excluding carboxylic acids is 2. The van der Waals surface area contributed by atoms with Crippen LogP contribution >= 0.6 is 0 Å². The van der Waals surface area contributed by atoms with Gasteiger partial charge in [0.2, 0.25) is 5.91 Å². The van der Waals surface area contributed by atoms with E-state index in [0.29, 0.717) is 12.3 Å². The molecule has 130 valence electrons. The second-order valence-corrected chi connectivity index (χ2v) is 6.38. The van der Waals surface area contributed by atoms with Crippen LogP contribution in [0.2, 0.25) is 0 Å². The molecule has 1 N–H and O–H groups in total. The van der Waals surface area contributed by atoms with Gasteiger partial charge in [0.1, 0.15) is 5.75 Å². The summed E-state index contributed by atoms with van der Waals surface area (Å²) in [5.74, 6) is 0.494. The van der Waals surface area contributed by atoms with Crippen molar-refractivity contribution in [3.63, 3.8) is 0 Å². The van der Waals surface area contributed by atoms with Crippen molar-refractivity contribution < 1.29 is 19.1 Å². The highest BCUT2D eigenvalue weighted by Crippen LogP contribution is 2.33. The first kappa shape index (κ1) is 16.8. The summed E-state index contributed by atoms with van der Waals surface area (Å²) in [6, 6.07) is 7.40. The van der Waals surface area contributed by atoms with Crippen molar-refractivity contribution in [3.05, 3.63) is 24.3 Å². The molecule has 1 aromatic carbocycles. The molecule has 2 heterocycles. The van der Waals surface area contributed by atoms with Crippen LogP contribution in [0.25, 0.3) is 0 Å². The lowest BCUT2D eigenvalue weighted by molar-refractivity contribution is -0.125. The van der Waals surface area contributed by atoms with Gasteiger partial charge < -0.3 is 19.7 Å². The van der Waals surface area contributed by atoms with Crippen molar-refractivity contribution in [2.75, 3.05) is 18.1 Å². The molecule has 2 amide bonds. The van der Waals surface area contributed by atoms with Crippen LogP contribution in [-0.2, 0) is 14.3 Å². The predicted molar refractivity (Wildman–Crippen MR) is 90.1 cm³/mol. The molecule has 6 nitrogen and oxygen atoms in total. The fourth-order valence-electron chi connectivity index (χ4n) is 3.22. The van der Waals surface area contributed by atoms with Crippen molar-refractivity contribution >= 4 is 17.5 Å². The van der Waals surface area contributed by atoms with Crippen LogP contribution < -0.4 is 15.0 Å². The van der Waals surface area contributed by atoms with E-state index in [0.717, 1.165) is 25.1 Å². The summed E-state index contributed by atoms with van der Waals surface area (Å²) in [5, 5.41) is 2.98. The number of fused-ring (bicyclic) bond motifs is 1. The van der Waals surface area contributed by atoms with Gasteiger partial charge in [0.15, 0.2) is 6.10 Å². The van der Waals surface area contributed by atoms with E-state index in [1.807, 2.05) is 31.2 Å². The molecule has 0 saturated carbocycles. The van der Waals surface area contributed by atoms with Gasteiger partial charge in [0, 0.05) is 19.6 Å². The van der Waals surface area contributed by atoms with Gasteiger partial charge in [-0.05, 0) is 38.8 Å². The minimum Gasteiger partial charge on any atom is -0.479 e.